The highest BCUT2D eigenvalue weighted by molar-refractivity contribution is 6.62. The minimum atomic E-state index is -0.395. The van der Waals surface area contributed by atoms with Gasteiger partial charge in [-0.05, 0) is 58.1 Å². The number of hydrogen-bond acceptors (Lipinski definition) is 4. The molecule has 0 saturated carbocycles. The van der Waals surface area contributed by atoms with E-state index in [1.165, 1.54) is 0 Å². The largest absolute Gasteiger partial charge is 0.495 e. The topological polar surface area (TPSA) is 51.6 Å². The summed E-state index contributed by atoms with van der Waals surface area (Å²) in [4.78, 5) is 4.28. The van der Waals surface area contributed by atoms with Gasteiger partial charge in [-0.15, -0.1) is 0 Å². The summed E-state index contributed by atoms with van der Waals surface area (Å²) < 4.78 is 12.1. The molecule has 2 rings (SSSR count). The monoisotopic (exact) mass is 263 g/mol. The lowest BCUT2D eigenvalue weighted by molar-refractivity contribution is 0.00578. The maximum absolute atomic E-state index is 9.15. The van der Waals surface area contributed by atoms with Crippen LogP contribution in [0.25, 0.3) is 0 Å². The Kier molecular flexibility index (Phi) is 3.73. The minimum Gasteiger partial charge on any atom is -0.399 e. The maximum atomic E-state index is 9.15. The Hall–Kier alpha value is -0.905. The van der Waals surface area contributed by atoms with Gasteiger partial charge in [0.1, 0.15) is 0 Å². The van der Waals surface area contributed by atoms with Crippen molar-refractivity contribution >= 4 is 12.6 Å². The zero-order valence-corrected chi connectivity index (χ0v) is 12.4. The van der Waals surface area contributed by atoms with Gasteiger partial charge in [0.25, 0.3) is 0 Å². The van der Waals surface area contributed by atoms with Crippen molar-refractivity contribution in [2.24, 2.45) is 0 Å². The van der Waals surface area contributed by atoms with Gasteiger partial charge in [0.2, 0.25) is 0 Å². The highest BCUT2D eigenvalue weighted by atomic mass is 16.7. The molecule has 0 radical (unpaired) electrons. The Bertz CT molecular complexity index is 458. The van der Waals surface area contributed by atoms with E-state index in [9.17, 15) is 0 Å². The van der Waals surface area contributed by atoms with Gasteiger partial charge in [0.15, 0.2) is 0 Å². The second-order valence-corrected chi connectivity index (χ2v) is 6.09. The predicted molar refractivity (Wildman–Crippen MR) is 75.5 cm³/mol. The third-order valence-corrected chi connectivity index (χ3v) is 4.05. The number of nitrogens with zero attached hydrogens (tertiary/aromatic N) is 1. The molecule has 0 amide bonds. The summed E-state index contributed by atoms with van der Waals surface area (Å²) in [5, 5.41) is 9.15. The molecule has 19 heavy (non-hydrogen) atoms. The maximum Gasteiger partial charge on any atom is 0.495 e. The van der Waals surface area contributed by atoms with E-state index in [4.69, 9.17) is 14.4 Å². The molecule has 0 aromatic carbocycles. The van der Waals surface area contributed by atoms with Crippen LogP contribution >= 0.6 is 0 Å². The van der Waals surface area contributed by atoms with E-state index in [-0.39, 0.29) is 17.8 Å². The van der Waals surface area contributed by atoms with Crippen LogP contribution in [0.15, 0.2) is 12.3 Å². The van der Waals surface area contributed by atoms with Gasteiger partial charge < -0.3 is 14.4 Å². The highest BCUT2D eigenvalue weighted by Crippen LogP contribution is 2.36. The molecule has 1 aliphatic heterocycles. The van der Waals surface area contributed by atoms with Gasteiger partial charge in [-0.1, -0.05) is 0 Å². The van der Waals surface area contributed by atoms with Crippen LogP contribution in [0.2, 0.25) is 0 Å². The summed E-state index contributed by atoms with van der Waals surface area (Å²) in [7, 11) is -0.395. The van der Waals surface area contributed by atoms with Crippen LogP contribution in [0, 0.1) is 6.92 Å². The molecule has 2 heterocycles. The molecular formula is C14H22BNO3. The third kappa shape index (κ3) is 2.68. The molecular weight excluding hydrogens is 241 g/mol. The molecule has 1 fully saturated rings. The molecule has 1 saturated heterocycles. The molecule has 0 spiro atoms. The van der Waals surface area contributed by atoms with Crippen molar-refractivity contribution in [1.29, 1.82) is 0 Å². The van der Waals surface area contributed by atoms with Crippen LogP contribution in [-0.4, -0.2) is 35.0 Å². The number of aromatic nitrogens is 1. The first-order valence-electron chi connectivity index (χ1n) is 6.69. The fraction of sp³-hybridized carbons (Fsp3) is 0.643. The zero-order chi connectivity index (χ0) is 14.3. The van der Waals surface area contributed by atoms with Crippen molar-refractivity contribution in [2.75, 3.05) is 6.61 Å². The molecule has 0 atom stereocenters. The summed E-state index contributed by atoms with van der Waals surface area (Å²) in [6.45, 7) is 10.2. The lowest BCUT2D eigenvalue weighted by atomic mass is 9.75. The Morgan fingerprint density at radius 3 is 2.32 bits per heavy atom. The van der Waals surface area contributed by atoms with Gasteiger partial charge >= 0.3 is 7.12 Å². The summed E-state index contributed by atoms with van der Waals surface area (Å²) in [5.41, 5.74) is 2.16. The molecule has 1 aromatic heterocycles. The van der Waals surface area contributed by atoms with Crippen LogP contribution in [0.4, 0.5) is 0 Å². The Morgan fingerprint density at radius 2 is 1.79 bits per heavy atom. The number of aryl methyl sites for hydroxylation is 1. The summed E-state index contributed by atoms with van der Waals surface area (Å²) in [6, 6.07) is 1.98. The Morgan fingerprint density at radius 1 is 1.21 bits per heavy atom. The lowest BCUT2D eigenvalue weighted by Gasteiger charge is -2.32. The highest BCUT2D eigenvalue weighted by Gasteiger charge is 2.52. The van der Waals surface area contributed by atoms with Crippen molar-refractivity contribution in [2.45, 2.75) is 52.2 Å². The number of pyridine rings is 1. The number of aliphatic hydroxyl groups is 1. The van der Waals surface area contributed by atoms with E-state index in [1.807, 2.05) is 40.7 Å². The van der Waals surface area contributed by atoms with E-state index in [1.54, 1.807) is 6.20 Å². The van der Waals surface area contributed by atoms with Crippen molar-refractivity contribution in [3.63, 3.8) is 0 Å². The fourth-order valence-corrected chi connectivity index (χ4v) is 2.13. The van der Waals surface area contributed by atoms with Crippen molar-refractivity contribution < 1.29 is 14.4 Å². The second kappa shape index (κ2) is 4.89. The summed E-state index contributed by atoms with van der Waals surface area (Å²) in [5.74, 6) is 0. The predicted octanol–water partition coefficient (Wildman–Crippen LogP) is 1.22. The lowest BCUT2D eigenvalue weighted by Crippen LogP contribution is -2.41. The third-order valence-electron chi connectivity index (χ3n) is 4.05. The molecule has 0 bridgehead atoms. The first kappa shape index (κ1) is 14.5. The molecule has 4 nitrogen and oxygen atoms in total. The van der Waals surface area contributed by atoms with Crippen LogP contribution in [0.1, 0.15) is 39.0 Å². The number of rotatable bonds is 3. The molecule has 1 N–H and O–H groups in total. The van der Waals surface area contributed by atoms with Gasteiger partial charge in [-0.3, -0.25) is 4.98 Å². The smallest absolute Gasteiger partial charge is 0.399 e. The molecule has 104 valence electrons. The van der Waals surface area contributed by atoms with Crippen LogP contribution in [-0.2, 0) is 15.7 Å². The van der Waals surface area contributed by atoms with Crippen molar-refractivity contribution in [3.8, 4) is 0 Å². The molecule has 5 heteroatoms. The van der Waals surface area contributed by atoms with Crippen molar-refractivity contribution in [1.82, 2.24) is 4.98 Å². The summed E-state index contributed by atoms with van der Waals surface area (Å²) >= 11 is 0. The van der Waals surface area contributed by atoms with Gasteiger partial charge in [-0.2, -0.15) is 0 Å². The number of hydrogen-bond donors (Lipinski definition) is 1. The zero-order valence-electron chi connectivity index (χ0n) is 12.4. The van der Waals surface area contributed by atoms with E-state index in [2.05, 4.69) is 4.98 Å². The molecule has 0 unspecified atom stereocenters. The van der Waals surface area contributed by atoms with E-state index in [0.29, 0.717) is 6.42 Å². The van der Waals surface area contributed by atoms with Crippen LogP contribution in [0.5, 0.6) is 0 Å². The average molecular weight is 263 g/mol. The number of aliphatic hydroxyl groups excluding tert-OH is 1. The first-order chi connectivity index (χ1) is 8.77. The summed E-state index contributed by atoms with van der Waals surface area (Å²) in [6.07, 6.45) is 2.36. The molecule has 1 aliphatic rings. The first-order valence-corrected chi connectivity index (χ1v) is 6.69. The van der Waals surface area contributed by atoms with Crippen molar-refractivity contribution in [3.05, 3.63) is 23.5 Å². The van der Waals surface area contributed by atoms with Gasteiger partial charge in [0.05, 0.1) is 11.2 Å². The average Bonchev–Trinajstić information content (AvgIpc) is 2.51. The molecule has 1 aromatic rings. The second-order valence-electron chi connectivity index (χ2n) is 6.09. The van der Waals surface area contributed by atoms with E-state index in [0.717, 1.165) is 16.7 Å². The Balaban J connectivity index is 2.35. The quantitative estimate of drug-likeness (QED) is 0.833. The molecule has 0 aliphatic carbocycles. The standard InChI is InChI=1S/C14H22BNO3/c1-10-8-12(11(6-7-17)9-16-10)15-18-13(2,3)14(4,5)19-15/h8-9,17H,6-7H2,1-5H3. The van der Waals surface area contributed by atoms with Crippen LogP contribution in [0.3, 0.4) is 0 Å². The normalized spacial score (nSPS) is 20.8. The Labute approximate surface area is 115 Å². The van der Waals surface area contributed by atoms with Gasteiger partial charge in [-0.25, -0.2) is 0 Å². The SMILES string of the molecule is Cc1cc(B2OC(C)(C)C(C)(C)O2)c(CCO)cn1. The minimum absolute atomic E-state index is 0.0945. The van der Waals surface area contributed by atoms with Crippen LogP contribution < -0.4 is 5.46 Å². The fourth-order valence-electron chi connectivity index (χ4n) is 2.13. The van der Waals surface area contributed by atoms with Gasteiger partial charge in [0, 0.05) is 18.5 Å². The van der Waals surface area contributed by atoms with E-state index >= 15 is 0 Å². The van der Waals surface area contributed by atoms with E-state index < -0.39 is 7.12 Å².